The van der Waals surface area contributed by atoms with Crippen LogP contribution < -0.4 is 5.32 Å². The number of rotatable bonds is 6. The maximum absolute atomic E-state index is 13.4. The molecule has 0 unspecified atom stereocenters. The molecule has 3 aromatic heterocycles. The minimum atomic E-state index is 0.00364. The lowest BCUT2D eigenvalue weighted by Crippen LogP contribution is -2.15. The molecule has 0 saturated heterocycles. The van der Waals surface area contributed by atoms with E-state index in [1.165, 1.54) is 44.3 Å². The third-order valence-electron chi connectivity index (χ3n) is 8.16. The number of aryl methyl sites for hydroxylation is 2. The van der Waals surface area contributed by atoms with E-state index in [1.807, 2.05) is 30.3 Å². The van der Waals surface area contributed by atoms with Crippen molar-refractivity contribution in [3.05, 3.63) is 108 Å². The first-order valence-electron chi connectivity index (χ1n) is 13.2. The molecule has 0 radical (unpaired) electrons. The molecule has 0 aliphatic rings. The van der Waals surface area contributed by atoms with Gasteiger partial charge in [-0.1, -0.05) is 54.6 Å². The van der Waals surface area contributed by atoms with E-state index < -0.39 is 0 Å². The number of carbonyl (C=O) groups is 1. The van der Waals surface area contributed by atoms with Crippen LogP contribution in [0.5, 0.6) is 0 Å². The maximum atomic E-state index is 13.4. The minimum Gasteiger partial charge on any atom is -0.348 e. The Kier molecular flexibility index (Phi) is 5.99. The van der Waals surface area contributed by atoms with Gasteiger partial charge in [0.05, 0.1) is 11.2 Å². The number of anilines is 1. The zero-order chi connectivity index (χ0) is 26.4. The largest absolute Gasteiger partial charge is 0.348 e. The van der Waals surface area contributed by atoms with Gasteiger partial charge in [0, 0.05) is 71.2 Å². The van der Waals surface area contributed by atoms with Crippen LogP contribution in [-0.4, -0.2) is 20.0 Å². The number of para-hydroxylation sites is 3. The van der Waals surface area contributed by atoms with Crippen molar-refractivity contribution in [2.45, 2.75) is 32.6 Å². The summed E-state index contributed by atoms with van der Waals surface area (Å²) in [6.07, 6.45) is 2.87. The third kappa shape index (κ3) is 3.86. The fourth-order valence-corrected chi connectivity index (χ4v) is 6.11. The first kappa shape index (κ1) is 24.0. The summed E-state index contributed by atoms with van der Waals surface area (Å²) in [5, 5.41) is 6.67. The van der Waals surface area contributed by atoms with Crippen molar-refractivity contribution >= 4 is 44.3 Å². The fraction of sp³-hybridized carbons (Fsp3) is 0.212. The van der Waals surface area contributed by atoms with Crippen molar-refractivity contribution in [3.8, 4) is 0 Å². The molecule has 6 aromatic rings. The molecule has 38 heavy (non-hydrogen) atoms. The quantitative estimate of drug-likeness (QED) is 0.259. The molecule has 3 aromatic carbocycles. The number of hydrogen-bond acceptors (Lipinski definition) is 2. The van der Waals surface area contributed by atoms with Crippen molar-refractivity contribution in [2.24, 2.45) is 14.1 Å². The van der Waals surface area contributed by atoms with E-state index >= 15 is 0 Å². The smallest absolute Gasteiger partial charge is 0.224 e. The molecule has 3 heterocycles. The highest BCUT2D eigenvalue weighted by Gasteiger charge is 2.28. The van der Waals surface area contributed by atoms with Crippen LogP contribution in [0.25, 0.3) is 32.7 Å². The molecule has 5 heteroatoms. The van der Waals surface area contributed by atoms with Gasteiger partial charge in [-0.2, -0.15) is 0 Å². The Balaban J connectivity index is 1.42. The van der Waals surface area contributed by atoms with E-state index in [9.17, 15) is 4.79 Å². The summed E-state index contributed by atoms with van der Waals surface area (Å²) in [4.78, 5) is 17.9. The monoisotopic (exact) mass is 500 g/mol. The highest BCUT2D eigenvalue weighted by molar-refractivity contribution is 6.00. The number of benzene rings is 3. The molecule has 190 valence electrons. The van der Waals surface area contributed by atoms with Crippen molar-refractivity contribution in [2.75, 3.05) is 5.32 Å². The van der Waals surface area contributed by atoms with Gasteiger partial charge < -0.3 is 14.5 Å². The second-order valence-electron chi connectivity index (χ2n) is 10.2. The maximum Gasteiger partial charge on any atom is 0.224 e. The SMILES string of the molecule is Cc1c(C(CCC(=O)Nc2cccc3cccnc23)c2c(C)n(C)c3ccccc23)c2ccccc2n1C. The molecule has 1 amide bonds. The molecule has 0 atom stereocenters. The predicted molar refractivity (Wildman–Crippen MR) is 157 cm³/mol. The van der Waals surface area contributed by atoms with Gasteiger partial charge in [-0.25, -0.2) is 0 Å². The van der Waals surface area contributed by atoms with Crippen LogP contribution in [0.2, 0.25) is 0 Å². The molecule has 0 saturated carbocycles. The minimum absolute atomic E-state index is 0.00364. The topological polar surface area (TPSA) is 51.9 Å². The molecule has 0 fully saturated rings. The third-order valence-corrected chi connectivity index (χ3v) is 8.16. The second-order valence-corrected chi connectivity index (χ2v) is 10.2. The summed E-state index contributed by atoms with van der Waals surface area (Å²) in [7, 11) is 4.27. The van der Waals surface area contributed by atoms with E-state index in [0.29, 0.717) is 12.8 Å². The van der Waals surface area contributed by atoms with Crippen molar-refractivity contribution < 1.29 is 4.79 Å². The van der Waals surface area contributed by atoms with Gasteiger partial charge in [-0.15, -0.1) is 0 Å². The van der Waals surface area contributed by atoms with Crippen LogP contribution in [0, 0.1) is 13.8 Å². The summed E-state index contributed by atoms with van der Waals surface area (Å²) in [5.41, 5.74) is 9.10. The molecule has 0 spiro atoms. The zero-order valence-corrected chi connectivity index (χ0v) is 22.3. The highest BCUT2D eigenvalue weighted by Crippen LogP contribution is 2.42. The highest BCUT2D eigenvalue weighted by atomic mass is 16.1. The molecule has 0 aliphatic heterocycles. The van der Waals surface area contributed by atoms with Crippen LogP contribution >= 0.6 is 0 Å². The lowest BCUT2D eigenvalue weighted by Gasteiger charge is -2.20. The van der Waals surface area contributed by atoms with Gasteiger partial charge in [0.2, 0.25) is 5.91 Å². The first-order chi connectivity index (χ1) is 18.5. The molecule has 6 rings (SSSR count). The molecule has 0 aliphatic carbocycles. The van der Waals surface area contributed by atoms with Gasteiger partial charge in [0.15, 0.2) is 0 Å². The number of carbonyl (C=O) groups excluding carboxylic acids is 1. The molecular formula is C33H32N4O. The Labute approximate surface area is 222 Å². The number of amides is 1. The second kappa shape index (κ2) is 9.49. The Morgan fingerprint density at radius 3 is 2.00 bits per heavy atom. The average molecular weight is 501 g/mol. The van der Waals surface area contributed by atoms with Crippen LogP contribution in [-0.2, 0) is 18.9 Å². The van der Waals surface area contributed by atoms with E-state index in [-0.39, 0.29) is 11.8 Å². The van der Waals surface area contributed by atoms with E-state index in [4.69, 9.17) is 0 Å². The summed E-state index contributed by atoms with van der Waals surface area (Å²) in [6.45, 7) is 4.40. The lowest BCUT2D eigenvalue weighted by atomic mass is 9.84. The van der Waals surface area contributed by atoms with Crippen molar-refractivity contribution in [1.29, 1.82) is 0 Å². The fourth-order valence-electron chi connectivity index (χ4n) is 6.11. The number of nitrogens with one attached hydrogen (secondary N) is 1. The van der Waals surface area contributed by atoms with Gasteiger partial charge in [0.25, 0.3) is 0 Å². The first-order valence-corrected chi connectivity index (χ1v) is 13.2. The van der Waals surface area contributed by atoms with Crippen LogP contribution in [0.1, 0.15) is 41.3 Å². The van der Waals surface area contributed by atoms with Crippen LogP contribution in [0.4, 0.5) is 5.69 Å². The predicted octanol–water partition coefficient (Wildman–Crippen LogP) is 7.39. The van der Waals surface area contributed by atoms with E-state index in [1.54, 1.807) is 6.20 Å². The van der Waals surface area contributed by atoms with Gasteiger partial charge in [0.1, 0.15) is 0 Å². The zero-order valence-electron chi connectivity index (χ0n) is 22.3. The standard InChI is InChI=1S/C33H32N4O/c1-21-31(24-13-5-7-16-28(24)36(21)3)26(32-22(2)37(4)29-17-8-6-14-25(29)32)18-19-30(38)35-27-15-9-11-23-12-10-20-34-33(23)27/h5-17,20,26H,18-19H2,1-4H3,(H,35,38). The summed E-state index contributed by atoms with van der Waals surface area (Å²) < 4.78 is 4.56. The molecule has 0 bridgehead atoms. The van der Waals surface area contributed by atoms with Crippen molar-refractivity contribution in [1.82, 2.24) is 14.1 Å². The Hall–Kier alpha value is -4.38. The van der Waals surface area contributed by atoms with E-state index in [0.717, 1.165) is 16.6 Å². The normalized spacial score (nSPS) is 11.7. The summed E-state index contributed by atoms with van der Waals surface area (Å²) in [5.74, 6) is 0.0764. The Morgan fingerprint density at radius 2 is 1.37 bits per heavy atom. The number of nitrogens with zero attached hydrogens (tertiary/aromatic N) is 3. The van der Waals surface area contributed by atoms with Crippen molar-refractivity contribution in [3.63, 3.8) is 0 Å². The summed E-state index contributed by atoms with van der Waals surface area (Å²) >= 11 is 0. The molecule has 5 nitrogen and oxygen atoms in total. The molecule has 1 N–H and O–H groups in total. The number of aromatic nitrogens is 3. The van der Waals surface area contributed by atoms with Crippen LogP contribution in [0.3, 0.4) is 0 Å². The van der Waals surface area contributed by atoms with Gasteiger partial charge in [-0.05, 0) is 55.7 Å². The Morgan fingerprint density at radius 1 is 0.789 bits per heavy atom. The number of pyridine rings is 1. The number of hydrogen-bond donors (Lipinski definition) is 1. The average Bonchev–Trinajstić information content (AvgIpc) is 3.34. The van der Waals surface area contributed by atoms with E-state index in [2.05, 4.69) is 95.9 Å². The summed E-state index contributed by atoms with van der Waals surface area (Å²) in [6, 6.07) is 27.0. The van der Waals surface area contributed by atoms with Crippen LogP contribution in [0.15, 0.2) is 85.1 Å². The lowest BCUT2D eigenvalue weighted by molar-refractivity contribution is -0.116. The Bertz CT molecular complexity index is 1730. The molecular weight excluding hydrogens is 468 g/mol. The number of fused-ring (bicyclic) bond motifs is 3. The van der Waals surface area contributed by atoms with Gasteiger partial charge >= 0.3 is 0 Å². The van der Waals surface area contributed by atoms with Gasteiger partial charge in [-0.3, -0.25) is 9.78 Å².